The van der Waals surface area contributed by atoms with Gasteiger partial charge in [-0.1, -0.05) is 13.8 Å². The van der Waals surface area contributed by atoms with Crippen LogP contribution in [-0.2, 0) is 16.0 Å². The third-order valence-electron chi connectivity index (χ3n) is 4.37. The van der Waals surface area contributed by atoms with Crippen LogP contribution in [0, 0.1) is 5.92 Å². The number of ether oxygens (including phenoxy) is 1. The summed E-state index contributed by atoms with van der Waals surface area (Å²) in [5.74, 6) is 1.94. The van der Waals surface area contributed by atoms with Crippen molar-refractivity contribution in [2.24, 2.45) is 5.92 Å². The van der Waals surface area contributed by atoms with Crippen molar-refractivity contribution in [2.45, 2.75) is 33.2 Å². The highest BCUT2D eigenvalue weighted by Crippen LogP contribution is 2.21. The van der Waals surface area contributed by atoms with Gasteiger partial charge in [0, 0.05) is 46.3 Å². The number of methoxy groups -OCH3 is 1. The number of carbonyl (C=O) groups excluding carboxylic acids is 1. The summed E-state index contributed by atoms with van der Waals surface area (Å²) in [5.41, 5.74) is 0. The predicted octanol–water partition coefficient (Wildman–Crippen LogP) is 0.709. The van der Waals surface area contributed by atoms with Crippen LogP contribution in [-0.4, -0.2) is 78.9 Å². The van der Waals surface area contributed by atoms with Crippen molar-refractivity contribution in [3.63, 3.8) is 0 Å². The Hall–Kier alpha value is -1.51. The third-order valence-corrected chi connectivity index (χ3v) is 4.37. The van der Waals surface area contributed by atoms with Gasteiger partial charge in [-0.15, -0.1) is 10.2 Å². The first kappa shape index (κ1) is 19.8. The molecule has 0 bridgehead atoms. The SMILES string of the molecule is COCCNC(=O)CN1CCN([C@@H](C)c2nnc(CC(C)C)o2)CC1. The number of hydrogen-bond donors (Lipinski definition) is 1. The van der Waals surface area contributed by atoms with Gasteiger partial charge < -0.3 is 14.5 Å². The summed E-state index contributed by atoms with van der Waals surface area (Å²) < 4.78 is 10.7. The second kappa shape index (κ2) is 9.84. The molecule has 0 aromatic carbocycles. The standard InChI is InChI=1S/C17H31N5O3/c1-13(2)11-16-19-20-17(25-16)14(3)22-8-6-21(7-9-22)12-15(23)18-5-10-24-4/h13-14H,5-12H2,1-4H3,(H,18,23)/t14-/m0/s1. The lowest BCUT2D eigenvalue weighted by Gasteiger charge is -2.36. The molecule has 1 aliphatic heterocycles. The molecule has 1 aromatic heterocycles. The second-order valence-corrected chi connectivity index (χ2v) is 6.96. The van der Waals surface area contributed by atoms with Crippen LogP contribution >= 0.6 is 0 Å². The smallest absolute Gasteiger partial charge is 0.234 e. The Morgan fingerprint density at radius 3 is 2.60 bits per heavy atom. The first-order valence-electron chi connectivity index (χ1n) is 9.04. The molecule has 1 amide bonds. The fourth-order valence-electron chi connectivity index (χ4n) is 2.88. The molecule has 0 aliphatic carbocycles. The Labute approximate surface area is 149 Å². The van der Waals surface area contributed by atoms with E-state index in [1.165, 1.54) is 0 Å². The topological polar surface area (TPSA) is 83.7 Å². The molecular weight excluding hydrogens is 322 g/mol. The van der Waals surface area contributed by atoms with E-state index in [9.17, 15) is 4.79 Å². The number of piperazine rings is 1. The lowest BCUT2D eigenvalue weighted by Crippen LogP contribution is -2.50. The molecule has 142 valence electrons. The number of nitrogens with zero attached hydrogens (tertiary/aromatic N) is 4. The average molecular weight is 353 g/mol. The van der Waals surface area contributed by atoms with Crippen molar-refractivity contribution in [1.82, 2.24) is 25.3 Å². The highest BCUT2D eigenvalue weighted by atomic mass is 16.5. The second-order valence-electron chi connectivity index (χ2n) is 6.96. The maximum absolute atomic E-state index is 11.9. The van der Waals surface area contributed by atoms with Crippen molar-refractivity contribution in [1.29, 1.82) is 0 Å². The summed E-state index contributed by atoms with van der Waals surface area (Å²) in [7, 11) is 1.63. The van der Waals surface area contributed by atoms with Crippen molar-refractivity contribution in [2.75, 3.05) is 53.0 Å². The molecule has 8 nitrogen and oxygen atoms in total. The van der Waals surface area contributed by atoms with Gasteiger partial charge >= 0.3 is 0 Å². The summed E-state index contributed by atoms with van der Waals surface area (Å²) in [4.78, 5) is 16.4. The highest BCUT2D eigenvalue weighted by molar-refractivity contribution is 5.77. The normalized spacial score (nSPS) is 17.8. The van der Waals surface area contributed by atoms with Crippen LogP contribution in [0.3, 0.4) is 0 Å². The Kier molecular flexibility index (Phi) is 7.80. The van der Waals surface area contributed by atoms with E-state index in [1.807, 2.05) is 0 Å². The lowest BCUT2D eigenvalue weighted by molar-refractivity contribution is -0.122. The van der Waals surface area contributed by atoms with E-state index in [2.05, 4.69) is 46.1 Å². The summed E-state index contributed by atoms with van der Waals surface area (Å²) in [5, 5.41) is 11.2. The zero-order valence-corrected chi connectivity index (χ0v) is 15.8. The summed E-state index contributed by atoms with van der Waals surface area (Å²) in [6.45, 7) is 11.4. The molecular formula is C17H31N5O3. The molecule has 2 rings (SSSR count). The van der Waals surface area contributed by atoms with Crippen LogP contribution in [0.2, 0.25) is 0 Å². The van der Waals surface area contributed by atoms with E-state index in [1.54, 1.807) is 7.11 Å². The molecule has 1 fully saturated rings. The van der Waals surface area contributed by atoms with Gasteiger partial charge in [-0.25, -0.2) is 0 Å². The van der Waals surface area contributed by atoms with Crippen LogP contribution in [0.15, 0.2) is 4.42 Å². The van der Waals surface area contributed by atoms with E-state index in [0.29, 0.717) is 37.4 Å². The number of aromatic nitrogens is 2. The lowest BCUT2D eigenvalue weighted by atomic mass is 10.1. The molecule has 8 heteroatoms. The molecule has 1 saturated heterocycles. The minimum Gasteiger partial charge on any atom is -0.424 e. The van der Waals surface area contributed by atoms with E-state index in [0.717, 1.165) is 32.6 Å². The molecule has 1 atom stereocenters. The summed E-state index contributed by atoms with van der Waals surface area (Å²) in [6, 6.07) is 0.103. The fraction of sp³-hybridized carbons (Fsp3) is 0.824. The van der Waals surface area contributed by atoms with Gasteiger partial charge in [0.1, 0.15) is 0 Å². The van der Waals surface area contributed by atoms with E-state index < -0.39 is 0 Å². The minimum atomic E-state index is 0.0498. The monoisotopic (exact) mass is 353 g/mol. The van der Waals surface area contributed by atoms with Crippen molar-refractivity contribution >= 4 is 5.91 Å². The molecule has 1 aromatic rings. The van der Waals surface area contributed by atoms with Crippen LogP contribution < -0.4 is 5.32 Å². The van der Waals surface area contributed by atoms with Crippen LogP contribution in [0.1, 0.15) is 38.6 Å². The zero-order chi connectivity index (χ0) is 18.2. The van der Waals surface area contributed by atoms with Gasteiger partial charge in [-0.2, -0.15) is 0 Å². The van der Waals surface area contributed by atoms with Crippen LogP contribution in [0.25, 0.3) is 0 Å². The molecule has 25 heavy (non-hydrogen) atoms. The van der Waals surface area contributed by atoms with Crippen LogP contribution in [0.4, 0.5) is 0 Å². The van der Waals surface area contributed by atoms with Gasteiger partial charge in [0.2, 0.25) is 17.7 Å². The summed E-state index contributed by atoms with van der Waals surface area (Å²) >= 11 is 0. The van der Waals surface area contributed by atoms with Gasteiger partial charge in [-0.3, -0.25) is 14.6 Å². The van der Waals surface area contributed by atoms with Gasteiger partial charge in [0.05, 0.1) is 19.2 Å². The Bertz CT molecular complexity index is 526. The first-order chi connectivity index (χ1) is 12.0. The van der Waals surface area contributed by atoms with E-state index >= 15 is 0 Å². The van der Waals surface area contributed by atoms with Crippen molar-refractivity contribution < 1.29 is 13.9 Å². The number of hydrogen-bond acceptors (Lipinski definition) is 7. The largest absolute Gasteiger partial charge is 0.424 e. The van der Waals surface area contributed by atoms with Gasteiger partial charge in [0.15, 0.2) is 0 Å². The fourth-order valence-corrected chi connectivity index (χ4v) is 2.88. The number of nitrogens with one attached hydrogen (secondary N) is 1. The molecule has 0 saturated carbocycles. The number of carbonyl (C=O) groups is 1. The predicted molar refractivity (Wildman–Crippen MR) is 94.2 cm³/mol. The molecule has 2 heterocycles. The minimum absolute atomic E-state index is 0.0498. The van der Waals surface area contributed by atoms with E-state index in [-0.39, 0.29) is 11.9 Å². The molecule has 0 radical (unpaired) electrons. The Morgan fingerprint density at radius 2 is 1.96 bits per heavy atom. The van der Waals surface area contributed by atoms with Crippen LogP contribution in [0.5, 0.6) is 0 Å². The first-order valence-corrected chi connectivity index (χ1v) is 9.04. The molecule has 1 N–H and O–H groups in total. The van der Waals surface area contributed by atoms with Crippen molar-refractivity contribution in [3.05, 3.63) is 11.8 Å². The maximum Gasteiger partial charge on any atom is 0.234 e. The van der Waals surface area contributed by atoms with E-state index in [4.69, 9.17) is 9.15 Å². The molecule has 0 unspecified atom stereocenters. The Balaban J connectivity index is 1.75. The quantitative estimate of drug-likeness (QED) is 0.655. The number of rotatable bonds is 9. The number of amides is 1. The van der Waals surface area contributed by atoms with Crippen molar-refractivity contribution in [3.8, 4) is 0 Å². The average Bonchev–Trinajstić information content (AvgIpc) is 3.03. The van der Waals surface area contributed by atoms with Gasteiger partial charge in [0.25, 0.3) is 0 Å². The molecule has 1 aliphatic rings. The Morgan fingerprint density at radius 1 is 1.24 bits per heavy atom. The maximum atomic E-state index is 11.9. The summed E-state index contributed by atoms with van der Waals surface area (Å²) in [6.07, 6.45) is 0.811. The highest BCUT2D eigenvalue weighted by Gasteiger charge is 2.26. The zero-order valence-electron chi connectivity index (χ0n) is 15.8. The molecule has 0 spiro atoms. The third kappa shape index (κ3) is 6.37. The van der Waals surface area contributed by atoms with Gasteiger partial charge in [-0.05, 0) is 12.8 Å².